The molecule has 7 heteroatoms. The lowest BCUT2D eigenvalue weighted by Gasteiger charge is -2.42. The number of nitriles is 2. The minimum Gasteiger partial charge on any atom is -0.331 e. The molecule has 0 bridgehead atoms. The van der Waals surface area contributed by atoms with Gasteiger partial charge in [0, 0.05) is 52.5 Å². The second-order valence-electron chi connectivity index (χ2n) is 17.1. The van der Waals surface area contributed by atoms with Crippen LogP contribution in [0.2, 0.25) is 0 Å². The number of para-hydroxylation sites is 6. The topological polar surface area (TPSA) is 59.0 Å². The zero-order chi connectivity index (χ0) is 44.5. The molecule has 0 saturated carbocycles. The van der Waals surface area contributed by atoms with Gasteiger partial charge in [-0.05, 0) is 122 Å². The molecule has 0 unspecified atom stereocenters. The van der Waals surface area contributed by atoms with Gasteiger partial charge in [-0.3, -0.25) is 0 Å². The van der Waals surface area contributed by atoms with Crippen molar-refractivity contribution in [3.63, 3.8) is 0 Å². The highest BCUT2D eigenvalue weighted by Gasteiger charge is 2.40. The first kappa shape index (κ1) is 39.6. The van der Waals surface area contributed by atoms with Crippen molar-refractivity contribution in [3.8, 4) is 34.4 Å². The molecule has 0 fully saturated rings. The van der Waals surface area contributed by atoms with Gasteiger partial charge in [0.25, 0.3) is 0 Å². The van der Waals surface area contributed by atoms with E-state index in [0.717, 1.165) is 92.6 Å². The first-order chi connectivity index (χ1) is 32.4. The maximum Gasteiger partial charge on any atom is 0.0991 e. The van der Waals surface area contributed by atoms with Gasteiger partial charge in [-0.2, -0.15) is 10.5 Å². The third kappa shape index (κ3) is 6.16. The van der Waals surface area contributed by atoms with E-state index in [0.29, 0.717) is 11.1 Å². The summed E-state index contributed by atoms with van der Waals surface area (Å²) in [6, 6.07) is 75.5. The van der Waals surface area contributed by atoms with Crippen LogP contribution in [0.15, 0.2) is 220 Å². The summed E-state index contributed by atoms with van der Waals surface area (Å²) in [6.07, 6.45) is 0. The van der Waals surface area contributed by atoms with E-state index in [2.05, 4.69) is 204 Å². The molecule has 0 atom stereocenters. The lowest BCUT2D eigenvalue weighted by atomic mass is 9.78. The largest absolute Gasteiger partial charge is 0.331 e. The van der Waals surface area contributed by atoms with Gasteiger partial charge in [0.2, 0.25) is 0 Å². The Morgan fingerprint density at radius 2 is 0.758 bits per heavy atom. The Balaban J connectivity index is 1.35. The van der Waals surface area contributed by atoms with E-state index in [9.17, 15) is 10.5 Å². The van der Waals surface area contributed by atoms with Crippen LogP contribution in [0.1, 0.15) is 30.5 Å². The number of benzene rings is 9. The van der Waals surface area contributed by atoms with Crippen LogP contribution in [0, 0.1) is 22.7 Å². The Morgan fingerprint density at radius 3 is 1.15 bits per heavy atom. The minimum absolute atomic E-state index is 0.571. The molecule has 0 amide bonds. The molecule has 2 aliphatic heterocycles. The van der Waals surface area contributed by atoms with Crippen LogP contribution in [0.3, 0.4) is 0 Å². The Hall–Kier alpha value is -7.94. The molecular formula is C59H39N5S2. The number of nitrogens with zero attached hydrogens (tertiary/aromatic N) is 5. The quantitative estimate of drug-likeness (QED) is 0.166. The standard InChI is InChI=1S/C59H39N5S2/c1-59(2,64-44-23-5-3-21-42(44)43-22-4-6-24-45(43)64)58-56(40-19-15-17-38(33-40)36-60)50(62-46-25-7-11-29-52(46)65-53-30-12-8-26-47(53)62)35-51(57(58)41-20-16-18-39(34-41)37-61)63-48-27-9-13-31-54(48)66-55-32-14-10-28-49(55)63/h3-35H,1-2H3. The van der Waals surface area contributed by atoms with Gasteiger partial charge < -0.3 is 14.4 Å². The summed E-state index contributed by atoms with van der Waals surface area (Å²) < 4.78 is 2.51. The number of aromatic nitrogens is 1. The highest BCUT2D eigenvalue weighted by Crippen LogP contribution is 2.61. The number of anilines is 6. The van der Waals surface area contributed by atoms with Crippen LogP contribution in [-0.4, -0.2) is 4.57 Å². The molecule has 5 nitrogen and oxygen atoms in total. The molecule has 0 radical (unpaired) electrons. The van der Waals surface area contributed by atoms with Crippen molar-refractivity contribution in [1.82, 2.24) is 4.57 Å². The van der Waals surface area contributed by atoms with Crippen molar-refractivity contribution in [2.75, 3.05) is 9.80 Å². The van der Waals surface area contributed by atoms with E-state index in [4.69, 9.17) is 0 Å². The van der Waals surface area contributed by atoms with Gasteiger partial charge in [-0.25, -0.2) is 0 Å². The van der Waals surface area contributed by atoms with Crippen LogP contribution in [0.25, 0.3) is 44.1 Å². The van der Waals surface area contributed by atoms with Crippen molar-refractivity contribution in [2.45, 2.75) is 39.0 Å². The van der Waals surface area contributed by atoms with Crippen LogP contribution in [0.4, 0.5) is 34.1 Å². The minimum atomic E-state index is -0.809. The third-order valence-corrected chi connectivity index (χ3v) is 15.2. The lowest BCUT2D eigenvalue weighted by molar-refractivity contribution is 0.467. The van der Waals surface area contributed by atoms with Crippen molar-refractivity contribution in [3.05, 3.63) is 217 Å². The fourth-order valence-corrected chi connectivity index (χ4v) is 12.4. The Kier molecular flexibility index (Phi) is 9.40. The number of hydrogen-bond donors (Lipinski definition) is 0. The zero-order valence-corrected chi connectivity index (χ0v) is 37.7. The smallest absolute Gasteiger partial charge is 0.0991 e. The van der Waals surface area contributed by atoms with Crippen molar-refractivity contribution >= 4 is 79.5 Å². The van der Waals surface area contributed by atoms with E-state index >= 15 is 0 Å². The van der Waals surface area contributed by atoms with Gasteiger partial charge >= 0.3 is 0 Å². The third-order valence-electron chi connectivity index (χ3n) is 12.9. The molecule has 0 spiro atoms. The summed E-state index contributed by atoms with van der Waals surface area (Å²) in [5.41, 5.74) is 13.6. The summed E-state index contributed by atoms with van der Waals surface area (Å²) in [4.78, 5) is 9.47. The Bertz CT molecular complexity index is 3380. The fraction of sp³-hybridized carbons (Fsp3) is 0.0508. The van der Waals surface area contributed by atoms with E-state index in [1.54, 1.807) is 23.5 Å². The van der Waals surface area contributed by atoms with Crippen molar-refractivity contribution < 1.29 is 0 Å². The molecule has 3 heterocycles. The second kappa shape index (κ2) is 15.6. The summed E-state index contributed by atoms with van der Waals surface area (Å²) in [5, 5.41) is 23.5. The molecule has 66 heavy (non-hydrogen) atoms. The van der Waals surface area contributed by atoms with Crippen molar-refractivity contribution in [2.24, 2.45) is 0 Å². The molecule has 1 aromatic heterocycles. The first-order valence-corrected chi connectivity index (χ1v) is 23.6. The van der Waals surface area contributed by atoms with Crippen LogP contribution in [-0.2, 0) is 5.54 Å². The van der Waals surface area contributed by atoms with Crippen molar-refractivity contribution in [1.29, 1.82) is 10.5 Å². The average Bonchev–Trinajstić information content (AvgIpc) is 3.72. The molecule has 12 rings (SSSR count). The summed E-state index contributed by atoms with van der Waals surface area (Å²) in [5.74, 6) is 0. The van der Waals surface area contributed by atoms with Gasteiger partial charge in [-0.15, -0.1) is 0 Å². The predicted octanol–water partition coefficient (Wildman–Crippen LogP) is 16.5. The monoisotopic (exact) mass is 881 g/mol. The summed E-state index contributed by atoms with van der Waals surface area (Å²) in [7, 11) is 0. The molecular weight excluding hydrogens is 843 g/mol. The van der Waals surface area contributed by atoms with Gasteiger partial charge in [-0.1, -0.05) is 133 Å². The van der Waals surface area contributed by atoms with Gasteiger partial charge in [0.1, 0.15) is 0 Å². The summed E-state index contributed by atoms with van der Waals surface area (Å²) >= 11 is 3.57. The predicted molar refractivity (Wildman–Crippen MR) is 272 cm³/mol. The highest BCUT2D eigenvalue weighted by molar-refractivity contribution is 8.00. The van der Waals surface area contributed by atoms with E-state index in [1.807, 2.05) is 36.4 Å². The van der Waals surface area contributed by atoms with Gasteiger partial charge in [0.05, 0.1) is 62.9 Å². The second-order valence-corrected chi connectivity index (χ2v) is 19.3. The SMILES string of the molecule is CC(C)(c1c(-c2cccc(C#N)c2)c(N2c3ccccc3Sc3ccccc32)cc(N2c3ccccc3Sc3ccccc32)c1-c1cccc(C#N)c1)n1c2ccccc2c2ccccc21. The number of rotatable bonds is 6. The first-order valence-electron chi connectivity index (χ1n) is 22.0. The highest BCUT2D eigenvalue weighted by atomic mass is 32.2. The maximum absolute atomic E-state index is 10.6. The van der Waals surface area contributed by atoms with Crippen LogP contribution in [0.5, 0.6) is 0 Å². The van der Waals surface area contributed by atoms with Gasteiger partial charge in [0.15, 0.2) is 0 Å². The zero-order valence-electron chi connectivity index (χ0n) is 36.1. The molecule has 2 aliphatic rings. The van der Waals surface area contributed by atoms with E-state index < -0.39 is 5.54 Å². The maximum atomic E-state index is 10.6. The summed E-state index contributed by atoms with van der Waals surface area (Å²) in [6.45, 7) is 4.68. The fourth-order valence-electron chi connectivity index (χ4n) is 10.3. The number of fused-ring (bicyclic) bond motifs is 7. The van der Waals surface area contributed by atoms with E-state index in [1.165, 1.54) is 10.8 Å². The number of hydrogen-bond acceptors (Lipinski definition) is 6. The molecule has 9 aromatic carbocycles. The molecule has 312 valence electrons. The molecule has 0 aliphatic carbocycles. The Morgan fingerprint density at radius 1 is 0.394 bits per heavy atom. The molecule has 10 aromatic rings. The van der Waals surface area contributed by atoms with E-state index in [-0.39, 0.29) is 0 Å². The molecule has 0 N–H and O–H groups in total. The average molecular weight is 882 g/mol. The Labute approximate surface area is 392 Å². The lowest BCUT2D eigenvalue weighted by Crippen LogP contribution is -2.31. The van der Waals surface area contributed by atoms with Crippen LogP contribution >= 0.6 is 23.5 Å². The van der Waals surface area contributed by atoms with Crippen LogP contribution < -0.4 is 9.80 Å². The molecule has 0 saturated heterocycles. The normalized spacial score (nSPS) is 12.8.